The Balaban J connectivity index is 1.56. The molecule has 1 aliphatic rings. The van der Waals surface area contributed by atoms with E-state index >= 15 is 0 Å². The molecule has 0 unspecified atom stereocenters. The number of hydrogen-bond acceptors (Lipinski definition) is 2. The maximum absolute atomic E-state index is 12.0. The molecule has 1 saturated carbocycles. The van der Waals surface area contributed by atoms with Crippen LogP contribution in [0.3, 0.4) is 0 Å². The predicted molar refractivity (Wildman–Crippen MR) is 94.9 cm³/mol. The molecule has 2 rings (SSSR count). The highest BCUT2D eigenvalue weighted by Gasteiger charge is 2.23. The third-order valence-electron chi connectivity index (χ3n) is 4.98. The molecule has 0 heterocycles. The first kappa shape index (κ1) is 18.5. The van der Waals surface area contributed by atoms with Gasteiger partial charge >= 0.3 is 5.97 Å². The molecular formula is C20H29NO3. The van der Waals surface area contributed by atoms with Gasteiger partial charge in [0.2, 0.25) is 5.91 Å². The maximum atomic E-state index is 12.0. The molecule has 132 valence electrons. The summed E-state index contributed by atoms with van der Waals surface area (Å²) >= 11 is 0. The van der Waals surface area contributed by atoms with Crippen molar-refractivity contribution in [3.63, 3.8) is 0 Å². The van der Waals surface area contributed by atoms with E-state index in [1.165, 1.54) is 18.4 Å². The molecule has 0 saturated heterocycles. The smallest absolute Gasteiger partial charge is 0.303 e. The number of carboxylic acid groups (broad SMARTS) is 1. The molecule has 1 aromatic rings. The summed E-state index contributed by atoms with van der Waals surface area (Å²) in [6.45, 7) is 0.664. The van der Waals surface area contributed by atoms with Crippen molar-refractivity contribution in [2.45, 2.75) is 63.7 Å². The van der Waals surface area contributed by atoms with Gasteiger partial charge in [0.1, 0.15) is 0 Å². The van der Waals surface area contributed by atoms with Crippen LogP contribution in [0.25, 0.3) is 0 Å². The summed E-state index contributed by atoms with van der Waals surface area (Å²) < 4.78 is 0. The number of rotatable bonds is 9. The number of carbonyl (C=O) groups is 2. The van der Waals surface area contributed by atoms with Crippen molar-refractivity contribution >= 4 is 11.9 Å². The number of benzene rings is 1. The molecule has 1 aliphatic carbocycles. The molecule has 0 bridgehead atoms. The minimum Gasteiger partial charge on any atom is -0.481 e. The number of amides is 1. The van der Waals surface area contributed by atoms with Crippen molar-refractivity contribution in [3.8, 4) is 0 Å². The van der Waals surface area contributed by atoms with Gasteiger partial charge < -0.3 is 10.4 Å². The first-order valence-corrected chi connectivity index (χ1v) is 9.18. The fraction of sp³-hybridized carbons (Fsp3) is 0.600. The number of carbonyl (C=O) groups excluding carboxylic acids is 1. The van der Waals surface area contributed by atoms with Crippen LogP contribution in [-0.4, -0.2) is 23.5 Å². The van der Waals surface area contributed by atoms with E-state index in [0.717, 1.165) is 25.7 Å². The van der Waals surface area contributed by atoms with Crippen molar-refractivity contribution in [1.29, 1.82) is 0 Å². The molecule has 4 heteroatoms. The standard InChI is InChI=1S/C20H29NO3/c22-19(21-14-6-2-5-9-20(23)24)15-16-10-12-18(13-11-16)17-7-3-1-4-8-17/h1,3-4,7-8,16,18H,2,5-6,9-15H2,(H,21,22)(H,23,24). The Labute approximate surface area is 144 Å². The Bertz CT molecular complexity index is 507. The van der Waals surface area contributed by atoms with Crippen molar-refractivity contribution in [2.24, 2.45) is 5.92 Å². The van der Waals surface area contributed by atoms with Crippen molar-refractivity contribution < 1.29 is 14.7 Å². The van der Waals surface area contributed by atoms with Gasteiger partial charge in [-0.15, -0.1) is 0 Å². The highest BCUT2D eigenvalue weighted by molar-refractivity contribution is 5.76. The zero-order valence-electron chi connectivity index (χ0n) is 14.4. The SMILES string of the molecule is O=C(O)CCCCCNC(=O)CC1CCC(c2ccccc2)CC1. The molecule has 24 heavy (non-hydrogen) atoms. The van der Waals surface area contributed by atoms with E-state index in [-0.39, 0.29) is 12.3 Å². The van der Waals surface area contributed by atoms with Gasteiger partial charge in [0.25, 0.3) is 0 Å². The predicted octanol–water partition coefficient (Wildman–Crippen LogP) is 4.11. The lowest BCUT2D eigenvalue weighted by molar-refractivity contribution is -0.137. The number of carboxylic acids is 1. The minimum atomic E-state index is -0.745. The molecule has 0 aromatic heterocycles. The van der Waals surface area contributed by atoms with Crippen LogP contribution in [0, 0.1) is 5.92 Å². The highest BCUT2D eigenvalue weighted by Crippen LogP contribution is 2.36. The van der Waals surface area contributed by atoms with E-state index in [4.69, 9.17) is 5.11 Å². The van der Waals surface area contributed by atoms with Gasteiger partial charge in [0, 0.05) is 19.4 Å². The van der Waals surface area contributed by atoms with Crippen molar-refractivity contribution in [3.05, 3.63) is 35.9 Å². The lowest BCUT2D eigenvalue weighted by atomic mass is 9.77. The van der Waals surface area contributed by atoms with E-state index in [9.17, 15) is 9.59 Å². The lowest BCUT2D eigenvalue weighted by Gasteiger charge is -2.28. The van der Waals surface area contributed by atoms with Gasteiger partial charge in [-0.2, -0.15) is 0 Å². The molecule has 1 fully saturated rings. The summed E-state index contributed by atoms with van der Waals surface area (Å²) in [5.74, 6) is 0.568. The van der Waals surface area contributed by atoms with Gasteiger partial charge in [-0.1, -0.05) is 36.8 Å². The van der Waals surface area contributed by atoms with E-state index in [1.54, 1.807) is 0 Å². The number of aliphatic carboxylic acids is 1. The summed E-state index contributed by atoms with van der Waals surface area (Å²) in [5.41, 5.74) is 1.43. The van der Waals surface area contributed by atoms with E-state index < -0.39 is 5.97 Å². The van der Waals surface area contributed by atoms with Gasteiger partial charge in [-0.05, 0) is 55.9 Å². The highest BCUT2D eigenvalue weighted by atomic mass is 16.4. The van der Waals surface area contributed by atoms with Crippen LogP contribution in [0.2, 0.25) is 0 Å². The molecule has 2 N–H and O–H groups in total. The topological polar surface area (TPSA) is 66.4 Å². The first-order chi connectivity index (χ1) is 11.6. The summed E-state index contributed by atoms with van der Waals surface area (Å²) in [6, 6.07) is 10.7. The quantitative estimate of drug-likeness (QED) is 0.669. The second kappa shape index (κ2) is 10.1. The van der Waals surface area contributed by atoms with Crippen LogP contribution in [0.4, 0.5) is 0 Å². The number of unbranched alkanes of at least 4 members (excludes halogenated alkanes) is 2. The minimum absolute atomic E-state index is 0.149. The van der Waals surface area contributed by atoms with Crippen LogP contribution < -0.4 is 5.32 Å². The first-order valence-electron chi connectivity index (χ1n) is 9.18. The molecule has 0 radical (unpaired) electrons. The normalized spacial score (nSPS) is 20.5. The second-order valence-corrected chi connectivity index (χ2v) is 6.89. The second-order valence-electron chi connectivity index (χ2n) is 6.89. The van der Waals surface area contributed by atoms with Gasteiger partial charge in [0.15, 0.2) is 0 Å². The third-order valence-corrected chi connectivity index (χ3v) is 4.98. The molecule has 0 spiro atoms. The van der Waals surface area contributed by atoms with Crippen LogP contribution in [0.5, 0.6) is 0 Å². The Hall–Kier alpha value is -1.84. The summed E-state index contributed by atoms with van der Waals surface area (Å²) in [5, 5.41) is 11.5. The van der Waals surface area contributed by atoms with Gasteiger partial charge in [0.05, 0.1) is 0 Å². The van der Waals surface area contributed by atoms with Crippen LogP contribution in [0.15, 0.2) is 30.3 Å². The van der Waals surface area contributed by atoms with Crippen molar-refractivity contribution in [2.75, 3.05) is 6.54 Å². The average molecular weight is 331 g/mol. The molecular weight excluding hydrogens is 302 g/mol. The van der Waals surface area contributed by atoms with E-state index in [0.29, 0.717) is 31.2 Å². The molecule has 1 aromatic carbocycles. The van der Waals surface area contributed by atoms with Gasteiger partial charge in [-0.3, -0.25) is 9.59 Å². The fourth-order valence-electron chi connectivity index (χ4n) is 3.57. The molecule has 4 nitrogen and oxygen atoms in total. The lowest BCUT2D eigenvalue weighted by Crippen LogP contribution is -2.27. The Morgan fingerprint density at radius 1 is 1.00 bits per heavy atom. The zero-order chi connectivity index (χ0) is 17.2. The summed E-state index contributed by atoms with van der Waals surface area (Å²) in [4.78, 5) is 22.4. The summed E-state index contributed by atoms with van der Waals surface area (Å²) in [6.07, 6.45) is 7.88. The van der Waals surface area contributed by atoms with Crippen molar-refractivity contribution in [1.82, 2.24) is 5.32 Å². The molecule has 1 amide bonds. The molecule has 0 aliphatic heterocycles. The van der Waals surface area contributed by atoms with E-state index in [1.807, 2.05) is 0 Å². The average Bonchev–Trinajstić information content (AvgIpc) is 2.59. The Morgan fingerprint density at radius 3 is 2.38 bits per heavy atom. The van der Waals surface area contributed by atoms with Crippen LogP contribution in [0.1, 0.15) is 69.3 Å². The number of hydrogen-bond donors (Lipinski definition) is 2. The largest absolute Gasteiger partial charge is 0.481 e. The fourth-order valence-corrected chi connectivity index (χ4v) is 3.57. The summed E-state index contributed by atoms with van der Waals surface area (Å²) in [7, 11) is 0. The maximum Gasteiger partial charge on any atom is 0.303 e. The monoisotopic (exact) mass is 331 g/mol. The number of nitrogens with one attached hydrogen (secondary N) is 1. The van der Waals surface area contributed by atoms with Crippen LogP contribution >= 0.6 is 0 Å². The Morgan fingerprint density at radius 2 is 1.71 bits per heavy atom. The third kappa shape index (κ3) is 6.73. The zero-order valence-corrected chi connectivity index (χ0v) is 14.4. The van der Waals surface area contributed by atoms with Gasteiger partial charge in [-0.25, -0.2) is 0 Å². The van der Waals surface area contributed by atoms with E-state index in [2.05, 4.69) is 35.6 Å². The van der Waals surface area contributed by atoms with Crippen LogP contribution in [-0.2, 0) is 9.59 Å². The molecule has 0 atom stereocenters. The Kier molecular flexibility index (Phi) is 7.80.